The molecule has 0 aromatic heterocycles. The SMILES string of the molecule is CC1(CNCC(=O)NC(C)(C)C)CCOCC1. The second kappa shape index (κ2) is 5.83. The van der Waals surface area contributed by atoms with Crippen molar-refractivity contribution in [3.8, 4) is 0 Å². The van der Waals surface area contributed by atoms with Gasteiger partial charge < -0.3 is 15.4 Å². The molecule has 0 aromatic rings. The van der Waals surface area contributed by atoms with Gasteiger partial charge in [0.15, 0.2) is 0 Å². The van der Waals surface area contributed by atoms with Crippen LogP contribution in [0.1, 0.15) is 40.5 Å². The molecule has 0 radical (unpaired) electrons. The first-order valence-electron chi connectivity index (χ1n) is 6.40. The van der Waals surface area contributed by atoms with Crippen LogP contribution >= 0.6 is 0 Å². The minimum atomic E-state index is -0.151. The van der Waals surface area contributed by atoms with Gasteiger partial charge in [-0.05, 0) is 39.0 Å². The first-order chi connectivity index (χ1) is 7.81. The summed E-state index contributed by atoms with van der Waals surface area (Å²) in [6.07, 6.45) is 2.14. The fourth-order valence-electron chi connectivity index (χ4n) is 1.98. The smallest absolute Gasteiger partial charge is 0.234 e. The van der Waals surface area contributed by atoms with Crippen molar-refractivity contribution in [3.63, 3.8) is 0 Å². The number of carbonyl (C=O) groups excluding carboxylic acids is 1. The van der Waals surface area contributed by atoms with Crippen molar-refractivity contribution in [3.05, 3.63) is 0 Å². The third-order valence-corrected chi connectivity index (χ3v) is 3.05. The average molecular weight is 242 g/mol. The Bertz CT molecular complexity index is 253. The highest BCUT2D eigenvalue weighted by Crippen LogP contribution is 2.28. The van der Waals surface area contributed by atoms with Crippen molar-refractivity contribution in [2.45, 2.75) is 46.1 Å². The summed E-state index contributed by atoms with van der Waals surface area (Å²) >= 11 is 0. The topological polar surface area (TPSA) is 50.4 Å². The van der Waals surface area contributed by atoms with E-state index < -0.39 is 0 Å². The molecule has 0 atom stereocenters. The Kier molecular flexibility index (Phi) is 4.95. The number of ether oxygens (including phenoxy) is 1. The van der Waals surface area contributed by atoms with E-state index in [1.165, 1.54) is 0 Å². The normalized spacial score (nSPS) is 20.0. The van der Waals surface area contributed by atoms with Crippen LogP contribution in [0.15, 0.2) is 0 Å². The highest BCUT2D eigenvalue weighted by Gasteiger charge is 2.27. The van der Waals surface area contributed by atoms with Gasteiger partial charge in [-0.2, -0.15) is 0 Å². The van der Waals surface area contributed by atoms with Gasteiger partial charge in [0.1, 0.15) is 0 Å². The van der Waals surface area contributed by atoms with E-state index in [4.69, 9.17) is 4.74 Å². The molecule has 100 valence electrons. The van der Waals surface area contributed by atoms with E-state index >= 15 is 0 Å². The van der Waals surface area contributed by atoms with Crippen molar-refractivity contribution in [1.29, 1.82) is 0 Å². The highest BCUT2D eigenvalue weighted by atomic mass is 16.5. The lowest BCUT2D eigenvalue weighted by Gasteiger charge is -2.33. The quantitative estimate of drug-likeness (QED) is 0.781. The van der Waals surface area contributed by atoms with Crippen LogP contribution in [0, 0.1) is 5.41 Å². The van der Waals surface area contributed by atoms with Crippen LogP contribution in [-0.4, -0.2) is 37.7 Å². The van der Waals surface area contributed by atoms with Crippen LogP contribution in [-0.2, 0) is 9.53 Å². The summed E-state index contributed by atoms with van der Waals surface area (Å²) in [6, 6.07) is 0. The Morgan fingerprint density at radius 1 is 1.29 bits per heavy atom. The molecule has 0 saturated carbocycles. The van der Waals surface area contributed by atoms with Gasteiger partial charge in [-0.3, -0.25) is 4.79 Å². The molecule has 0 bridgehead atoms. The molecular formula is C13H26N2O2. The molecule has 1 saturated heterocycles. The Morgan fingerprint density at radius 2 is 1.88 bits per heavy atom. The zero-order valence-corrected chi connectivity index (χ0v) is 11.6. The van der Waals surface area contributed by atoms with Gasteiger partial charge in [0.25, 0.3) is 0 Å². The average Bonchev–Trinajstić information content (AvgIpc) is 2.15. The minimum Gasteiger partial charge on any atom is -0.381 e. The van der Waals surface area contributed by atoms with Crippen molar-refractivity contribution in [1.82, 2.24) is 10.6 Å². The third kappa shape index (κ3) is 6.03. The maximum Gasteiger partial charge on any atom is 0.234 e. The van der Waals surface area contributed by atoms with E-state index in [1.54, 1.807) is 0 Å². The highest BCUT2D eigenvalue weighted by molar-refractivity contribution is 5.78. The maximum absolute atomic E-state index is 11.6. The number of rotatable bonds is 4. The lowest BCUT2D eigenvalue weighted by atomic mass is 9.82. The predicted octanol–water partition coefficient (Wildman–Crippen LogP) is 1.31. The predicted molar refractivity (Wildman–Crippen MR) is 68.9 cm³/mol. The Hall–Kier alpha value is -0.610. The van der Waals surface area contributed by atoms with Crippen molar-refractivity contribution in [2.24, 2.45) is 5.41 Å². The molecule has 0 spiro atoms. The van der Waals surface area contributed by atoms with Crippen LogP contribution in [0.4, 0.5) is 0 Å². The first kappa shape index (κ1) is 14.5. The lowest BCUT2D eigenvalue weighted by Crippen LogP contribution is -2.46. The fraction of sp³-hybridized carbons (Fsp3) is 0.923. The first-order valence-corrected chi connectivity index (χ1v) is 6.40. The van der Waals surface area contributed by atoms with Gasteiger partial charge in [0.05, 0.1) is 6.54 Å². The van der Waals surface area contributed by atoms with E-state index in [9.17, 15) is 4.79 Å². The van der Waals surface area contributed by atoms with Gasteiger partial charge in [-0.15, -0.1) is 0 Å². The number of hydrogen-bond donors (Lipinski definition) is 2. The Balaban J connectivity index is 2.20. The molecule has 1 aliphatic rings. The molecule has 0 aliphatic carbocycles. The van der Waals surface area contributed by atoms with E-state index in [0.717, 1.165) is 32.6 Å². The largest absolute Gasteiger partial charge is 0.381 e. The summed E-state index contributed by atoms with van der Waals surface area (Å²) in [7, 11) is 0. The number of nitrogens with one attached hydrogen (secondary N) is 2. The molecule has 1 rings (SSSR count). The van der Waals surface area contributed by atoms with Gasteiger partial charge >= 0.3 is 0 Å². The molecule has 1 aliphatic heterocycles. The summed E-state index contributed by atoms with van der Waals surface area (Å²) < 4.78 is 5.35. The van der Waals surface area contributed by atoms with Crippen LogP contribution in [0.3, 0.4) is 0 Å². The van der Waals surface area contributed by atoms with E-state index in [-0.39, 0.29) is 16.9 Å². The minimum absolute atomic E-state index is 0.0631. The molecule has 17 heavy (non-hydrogen) atoms. The molecule has 4 heteroatoms. The number of hydrogen-bond acceptors (Lipinski definition) is 3. The summed E-state index contributed by atoms with van der Waals surface area (Å²) in [6.45, 7) is 11.2. The molecule has 1 fully saturated rings. The van der Waals surface area contributed by atoms with E-state index in [0.29, 0.717) is 6.54 Å². The summed E-state index contributed by atoms with van der Waals surface area (Å²) in [4.78, 5) is 11.6. The summed E-state index contributed by atoms with van der Waals surface area (Å²) in [5.74, 6) is 0.0631. The number of carbonyl (C=O) groups is 1. The molecule has 2 N–H and O–H groups in total. The lowest BCUT2D eigenvalue weighted by molar-refractivity contribution is -0.121. The molecular weight excluding hydrogens is 216 g/mol. The number of amides is 1. The summed E-state index contributed by atoms with van der Waals surface area (Å²) in [5, 5.41) is 6.19. The third-order valence-electron chi connectivity index (χ3n) is 3.05. The van der Waals surface area contributed by atoms with Gasteiger partial charge in [-0.1, -0.05) is 6.92 Å². The van der Waals surface area contributed by atoms with E-state index in [1.807, 2.05) is 20.8 Å². The second-order valence-electron chi connectivity index (χ2n) is 6.32. The van der Waals surface area contributed by atoms with Crippen molar-refractivity contribution < 1.29 is 9.53 Å². The monoisotopic (exact) mass is 242 g/mol. The van der Waals surface area contributed by atoms with Crippen LogP contribution < -0.4 is 10.6 Å². The molecule has 1 amide bonds. The summed E-state index contributed by atoms with van der Waals surface area (Å²) in [5.41, 5.74) is 0.127. The van der Waals surface area contributed by atoms with Crippen LogP contribution in [0.5, 0.6) is 0 Å². The zero-order chi connectivity index (χ0) is 12.9. The van der Waals surface area contributed by atoms with Crippen LogP contribution in [0.25, 0.3) is 0 Å². The molecule has 0 aromatic carbocycles. The maximum atomic E-state index is 11.6. The molecule has 1 heterocycles. The zero-order valence-electron chi connectivity index (χ0n) is 11.6. The van der Waals surface area contributed by atoms with Crippen LogP contribution in [0.2, 0.25) is 0 Å². The molecule has 0 unspecified atom stereocenters. The van der Waals surface area contributed by atoms with Gasteiger partial charge in [0, 0.05) is 25.3 Å². The fourth-order valence-corrected chi connectivity index (χ4v) is 1.98. The van der Waals surface area contributed by atoms with Gasteiger partial charge in [0.2, 0.25) is 5.91 Å². The Morgan fingerprint density at radius 3 is 2.41 bits per heavy atom. The Labute approximate surface area is 104 Å². The van der Waals surface area contributed by atoms with E-state index in [2.05, 4.69) is 17.6 Å². The second-order valence-corrected chi connectivity index (χ2v) is 6.32. The molecule has 4 nitrogen and oxygen atoms in total. The standard InChI is InChI=1S/C13H26N2O2/c1-12(2,3)15-11(16)9-14-10-13(4)5-7-17-8-6-13/h14H,5-10H2,1-4H3,(H,15,16). The van der Waals surface area contributed by atoms with Gasteiger partial charge in [-0.25, -0.2) is 0 Å². The van der Waals surface area contributed by atoms with Crippen molar-refractivity contribution in [2.75, 3.05) is 26.3 Å². The van der Waals surface area contributed by atoms with Crippen molar-refractivity contribution >= 4 is 5.91 Å².